The van der Waals surface area contributed by atoms with Gasteiger partial charge in [-0.2, -0.15) is 0 Å². The molecule has 1 atom stereocenters. The quantitative estimate of drug-likeness (QED) is 0.302. The molecule has 2 amide bonds. The number of nitrogens with one attached hydrogen (secondary N) is 1. The van der Waals surface area contributed by atoms with Gasteiger partial charge in [-0.25, -0.2) is 8.42 Å². The molecule has 1 unspecified atom stereocenters. The Kier molecular flexibility index (Phi) is 10.6. The summed E-state index contributed by atoms with van der Waals surface area (Å²) in [5, 5.41) is 3.18. The summed E-state index contributed by atoms with van der Waals surface area (Å²) in [7, 11) is -2.62. The van der Waals surface area contributed by atoms with Crippen molar-refractivity contribution in [1.29, 1.82) is 0 Å². The molecule has 9 heteroatoms. The predicted octanol–water partition coefficient (Wildman–Crippen LogP) is 5.46. The third kappa shape index (κ3) is 7.70. The van der Waals surface area contributed by atoms with Crippen LogP contribution in [0.1, 0.15) is 56.6 Å². The number of aryl methyl sites for hydroxylation is 1. The first kappa shape index (κ1) is 31.1. The van der Waals surface area contributed by atoms with Crippen molar-refractivity contribution in [2.24, 2.45) is 0 Å². The highest BCUT2D eigenvalue weighted by molar-refractivity contribution is 7.92. The Morgan fingerprint density at radius 2 is 1.64 bits per heavy atom. The first-order valence-electron chi connectivity index (χ1n) is 14.6. The van der Waals surface area contributed by atoms with Gasteiger partial charge in [-0.15, -0.1) is 0 Å². The number of rotatable bonds is 12. The van der Waals surface area contributed by atoms with Crippen molar-refractivity contribution in [3.63, 3.8) is 0 Å². The highest BCUT2D eigenvalue weighted by Crippen LogP contribution is 2.26. The standard InChI is InChI=1S/C33H41N3O5S/c1-4-31(33(38)34-27-14-7-5-8-15-27)35(23-26-13-11-12-25(2)22-26)32(37)24-36(28-16-9-6-10-17-28)42(39,40)30-20-18-29(41-3)19-21-30/h6,9-13,16-22,27,31H,4-5,7-8,14-15,23-24H2,1-3H3,(H,34,38). The maximum atomic E-state index is 14.2. The first-order chi connectivity index (χ1) is 20.2. The lowest BCUT2D eigenvalue weighted by Gasteiger charge is -2.34. The smallest absolute Gasteiger partial charge is 0.264 e. The highest BCUT2D eigenvalue weighted by Gasteiger charge is 2.34. The summed E-state index contributed by atoms with van der Waals surface area (Å²) in [6, 6.07) is 21.8. The molecule has 4 rings (SSSR count). The van der Waals surface area contributed by atoms with E-state index in [9.17, 15) is 18.0 Å². The summed E-state index contributed by atoms with van der Waals surface area (Å²) in [6.07, 6.45) is 5.56. The number of para-hydroxylation sites is 1. The Bertz CT molecular complexity index is 1440. The Morgan fingerprint density at radius 1 is 0.952 bits per heavy atom. The molecule has 1 fully saturated rings. The number of carbonyl (C=O) groups is 2. The van der Waals surface area contributed by atoms with Gasteiger partial charge in [-0.3, -0.25) is 13.9 Å². The van der Waals surface area contributed by atoms with Crippen molar-refractivity contribution in [3.8, 4) is 5.75 Å². The average Bonchev–Trinajstić information content (AvgIpc) is 3.00. The molecule has 8 nitrogen and oxygen atoms in total. The lowest BCUT2D eigenvalue weighted by atomic mass is 9.95. The fourth-order valence-corrected chi connectivity index (χ4v) is 6.88. The molecule has 0 aliphatic heterocycles. The Morgan fingerprint density at radius 3 is 2.26 bits per heavy atom. The number of hydrogen-bond acceptors (Lipinski definition) is 5. The summed E-state index contributed by atoms with van der Waals surface area (Å²) in [5.41, 5.74) is 2.26. The van der Waals surface area contributed by atoms with Crippen LogP contribution in [-0.4, -0.2) is 50.9 Å². The molecule has 1 aliphatic carbocycles. The van der Waals surface area contributed by atoms with Crippen molar-refractivity contribution < 1.29 is 22.7 Å². The van der Waals surface area contributed by atoms with Crippen molar-refractivity contribution in [1.82, 2.24) is 10.2 Å². The van der Waals surface area contributed by atoms with Crippen molar-refractivity contribution in [2.75, 3.05) is 18.0 Å². The zero-order valence-corrected chi connectivity index (χ0v) is 25.5. The first-order valence-corrected chi connectivity index (χ1v) is 16.0. The molecule has 0 spiro atoms. The van der Waals surface area contributed by atoms with Gasteiger partial charge in [0.05, 0.1) is 17.7 Å². The number of benzene rings is 3. The topological polar surface area (TPSA) is 96.0 Å². The van der Waals surface area contributed by atoms with Gasteiger partial charge < -0.3 is 15.0 Å². The van der Waals surface area contributed by atoms with Gasteiger partial charge in [0.1, 0.15) is 18.3 Å². The van der Waals surface area contributed by atoms with Crippen LogP contribution < -0.4 is 14.4 Å². The van der Waals surface area contributed by atoms with E-state index in [4.69, 9.17) is 4.74 Å². The maximum Gasteiger partial charge on any atom is 0.264 e. The van der Waals surface area contributed by atoms with E-state index in [1.807, 2.05) is 38.1 Å². The third-order valence-corrected chi connectivity index (χ3v) is 9.53. The number of anilines is 1. The van der Waals surface area contributed by atoms with Crippen molar-refractivity contribution in [3.05, 3.63) is 90.0 Å². The second kappa shape index (κ2) is 14.4. The van der Waals surface area contributed by atoms with E-state index >= 15 is 0 Å². The number of methoxy groups -OCH3 is 1. The zero-order chi connectivity index (χ0) is 30.1. The number of amides is 2. The highest BCUT2D eigenvalue weighted by atomic mass is 32.2. The molecule has 0 aromatic heterocycles. The molecule has 1 aliphatic rings. The minimum Gasteiger partial charge on any atom is -0.497 e. The SMILES string of the molecule is CCC(C(=O)NC1CCCCC1)N(Cc1cccc(C)c1)C(=O)CN(c1ccccc1)S(=O)(=O)c1ccc(OC)cc1. The van der Waals surface area contributed by atoms with E-state index in [1.54, 1.807) is 42.5 Å². The zero-order valence-electron chi connectivity index (χ0n) is 24.7. The number of ether oxygens (including phenoxy) is 1. The van der Waals surface area contributed by atoms with E-state index in [0.717, 1.165) is 41.1 Å². The molecule has 3 aromatic carbocycles. The van der Waals surface area contributed by atoms with Gasteiger partial charge in [0, 0.05) is 12.6 Å². The predicted molar refractivity (Wildman–Crippen MR) is 165 cm³/mol. The van der Waals surface area contributed by atoms with E-state index < -0.39 is 28.5 Å². The summed E-state index contributed by atoms with van der Waals surface area (Å²) >= 11 is 0. The van der Waals surface area contributed by atoms with Crippen LogP contribution in [0.5, 0.6) is 5.75 Å². The van der Waals surface area contributed by atoms with E-state index in [0.29, 0.717) is 17.9 Å². The van der Waals surface area contributed by atoms with Gasteiger partial charge >= 0.3 is 0 Å². The summed E-state index contributed by atoms with van der Waals surface area (Å²) in [4.78, 5) is 29.4. The van der Waals surface area contributed by atoms with Crippen LogP contribution in [0, 0.1) is 6.92 Å². The monoisotopic (exact) mass is 591 g/mol. The van der Waals surface area contributed by atoms with Crippen molar-refractivity contribution >= 4 is 27.5 Å². The minimum atomic E-state index is -4.13. The summed E-state index contributed by atoms with van der Waals surface area (Å²) in [5.74, 6) is -0.131. The molecule has 0 radical (unpaired) electrons. The second-order valence-electron chi connectivity index (χ2n) is 10.8. The average molecular weight is 592 g/mol. The van der Waals surface area contributed by atoms with Crippen molar-refractivity contribution in [2.45, 2.75) is 75.9 Å². The molecular weight excluding hydrogens is 550 g/mol. The van der Waals surface area contributed by atoms with Crippen LogP contribution in [0.15, 0.2) is 83.8 Å². The number of sulfonamides is 1. The van der Waals surface area contributed by atoms with Gasteiger partial charge in [0.25, 0.3) is 10.0 Å². The molecule has 0 saturated heterocycles. The van der Waals surface area contributed by atoms with Gasteiger partial charge in [-0.1, -0.05) is 74.2 Å². The minimum absolute atomic E-state index is 0.0345. The molecule has 0 heterocycles. The van der Waals surface area contributed by atoms with Gasteiger partial charge in [0.15, 0.2) is 0 Å². The molecular formula is C33H41N3O5S. The molecule has 3 aromatic rings. The lowest BCUT2D eigenvalue weighted by Crippen LogP contribution is -2.54. The van der Waals surface area contributed by atoms with E-state index in [-0.39, 0.29) is 23.4 Å². The van der Waals surface area contributed by atoms with Gasteiger partial charge in [-0.05, 0) is 68.1 Å². The Hall–Kier alpha value is -3.85. The van der Waals surface area contributed by atoms with E-state index in [1.165, 1.54) is 30.6 Å². The summed E-state index contributed by atoms with van der Waals surface area (Å²) in [6.45, 7) is 3.58. The molecule has 42 heavy (non-hydrogen) atoms. The number of carbonyl (C=O) groups excluding carboxylic acids is 2. The molecule has 224 valence electrons. The largest absolute Gasteiger partial charge is 0.497 e. The van der Waals surface area contributed by atoms with Crippen LogP contribution >= 0.6 is 0 Å². The van der Waals surface area contributed by atoms with Crippen LogP contribution in [0.4, 0.5) is 5.69 Å². The molecule has 1 saturated carbocycles. The number of hydrogen-bond donors (Lipinski definition) is 1. The molecule has 1 N–H and O–H groups in total. The van der Waals surface area contributed by atoms with Crippen LogP contribution in [0.2, 0.25) is 0 Å². The Balaban J connectivity index is 1.68. The fourth-order valence-electron chi connectivity index (χ4n) is 5.47. The maximum absolute atomic E-state index is 14.2. The van der Waals surface area contributed by atoms with Crippen LogP contribution in [0.3, 0.4) is 0 Å². The van der Waals surface area contributed by atoms with E-state index in [2.05, 4.69) is 5.32 Å². The Labute approximate surface area is 249 Å². The normalized spacial score (nSPS) is 14.5. The van der Waals surface area contributed by atoms with Crippen LogP contribution in [0.25, 0.3) is 0 Å². The number of nitrogens with zero attached hydrogens (tertiary/aromatic N) is 2. The fraction of sp³-hybridized carbons (Fsp3) is 0.394. The summed E-state index contributed by atoms with van der Waals surface area (Å²) < 4.78 is 34.2. The second-order valence-corrected chi connectivity index (χ2v) is 12.7. The van der Waals surface area contributed by atoms with Gasteiger partial charge in [0.2, 0.25) is 11.8 Å². The molecule has 0 bridgehead atoms. The lowest BCUT2D eigenvalue weighted by molar-refractivity contribution is -0.140. The van der Waals surface area contributed by atoms with Crippen LogP contribution in [-0.2, 0) is 26.2 Å². The third-order valence-electron chi connectivity index (χ3n) is 7.74.